The van der Waals surface area contributed by atoms with Crippen LogP contribution in [0.3, 0.4) is 0 Å². The number of aryl methyl sites for hydroxylation is 1. The van der Waals surface area contributed by atoms with Gasteiger partial charge in [-0.25, -0.2) is 0 Å². The first-order valence-corrected chi connectivity index (χ1v) is 4.75. The zero-order chi connectivity index (χ0) is 9.84. The van der Waals surface area contributed by atoms with E-state index >= 15 is 0 Å². The largest absolute Gasteiger partial charge is 0.342 e. The molecule has 0 atom stereocenters. The molecule has 1 aromatic heterocycles. The van der Waals surface area contributed by atoms with E-state index in [1.165, 1.54) is 4.88 Å². The molecule has 70 valence electrons. The lowest BCUT2D eigenvalue weighted by Crippen LogP contribution is -1.96. The topological polar surface area (TPSA) is 45.4 Å². The van der Waals surface area contributed by atoms with Gasteiger partial charge in [0.1, 0.15) is 0 Å². The molecule has 0 amide bonds. The summed E-state index contributed by atoms with van der Waals surface area (Å²) in [7, 11) is 0. The highest BCUT2D eigenvalue weighted by atomic mass is 32.1. The summed E-state index contributed by atoms with van der Waals surface area (Å²) in [6.45, 7) is 5.47. The Labute approximate surface area is 81.5 Å². The average Bonchev–Trinajstić information content (AvgIpc) is 2.47. The maximum atomic E-state index is 7.03. The summed E-state index contributed by atoms with van der Waals surface area (Å²) in [5, 5.41) is 10.8. The van der Waals surface area contributed by atoms with Crippen molar-refractivity contribution in [3.8, 4) is 0 Å². The highest BCUT2D eigenvalue weighted by Gasteiger charge is 2.00. The van der Waals surface area contributed by atoms with Gasteiger partial charge in [0.15, 0.2) is 0 Å². The molecule has 0 unspecified atom stereocenters. The van der Waals surface area contributed by atoms with Gasteiger partial charge in [-0.15, -0.1) is 11.3 Å². The molecule has 1 aromatic rings. The fraction of sp³-hybridized carbons (Fsp3) is 0.333. The third kappa shape index (κ3) is 2.99. The first-order chi connectivity index (χ1) is 6.09. The molecule has 0 saturated heterocycles. The second-order valence-electron chi connectivity index (χ2n) is 2.73. The van der Waals surface area contributed by atoms with Crippen molar-refractivity contribution < 1.29 is 4.84 Å². The summed E-state index contributed by atoms with van der Waals surface area (Å²) in [5.74, 6) is 0.104. The van der Waals surface area contributed by atoms with Crippen molar-refractivity contribution in [1.29, 1.82) is 5.41 Å². The van der Waals surface area contributed by atoms with E-state index in [0.717, 1.165) is 10.6 Å². The van der Waals surface area contributed by atoms with E-state index in [-0.39, 0.29) is 5.90 Å². The van der Waals surface area contributed by atoms with E-state index in [9.17, 15) is 0 Å². The van der Waals surface area contributed by atoms with Crippen molar-refractivity contribution in [1.82, 2.24) is 0 Å². The van der Waals surface area contributed by atoms with E-state index in [1.807, 2.05) is 26.0 Å². The minimum Gasteiger partial charge on any atom is -0.342 e. The molecule has 0 aromatic carbocycles. The van der Waals surface area contributed by atoms with Crippen LogP contribution in [-0.2, 0) is 4.84 Å². The van der Waals surface area contributed by atoms with Gasteiger partial charge in [0, 0.05) is 11.8 Å². The highest BCUT2D eigenvalue weighted by Crippen LogP contribution is 2.15. The molecule has 0 aliphatic rings. The zero-order valence-electron chi connectivity index (χ0n) is 7.92. The van der Waals surface area contributed by atoms with Crippen molar-refractivity contribution >= 4 is 22.9 Å². The number of hydrogen-bond donors (Lipinski definition) is 1. The van der Waals surface area contributed by atoms with Crippen LogP contribution in [0.5, 0.6) is 0 Å². The van der Waals surface area contributed by atoms with Crippen LogP contribution >= 0.6 is 11.3 Å². The van der Waals surface area contributed by atoms with Gasteiger partial charge in [-0.1, -0.05) is 5.16 Å². The normalized spacial score (nSPS) is 11.5. The summed E-state index contributed by atoms with van der Waals surface area (Å²) < 4.78 is 0. The van der Waals surface area contributed by atoms with Crippen LogP contribution in [0.15, 0.2) is 17.3 Å². The number of thiophene rings is 1. The van der Waals surface area contributed by atoms with Crippen molar-refractivity contribution in [2.24, 2.45) is 5.16 Å². The Morgan fingerprint density at radius 3 is 2.62 bits per heavy atom. The number of nitrogens with zero attached hydrogens (tertiary/aromatic N) is 1. The Hall–Kier alpha value is -1.16. The average molecular weight is 196 g/mol. The molecule has 1 rings (SSSR count). The molecule has 0 aliphatic carbocycles. The van der Waals surface area contributed by atoms with Crippen LogP contribution in [0, 0.1) is 12.3 Å². The number of rotatable bonds is 2. The van der Waals surface area contributed by atoms with Gasteiger partial charge in [0.25, 0.3) is 0 Å². The lowest BCUT2D eigenvalue weighted by Gasteiger charge is -1.96. The Kier molecular flexibility index (Phi) is 3.19. The maximum absolute atomic E-state index is 7.03. The molecular formula is C9H12N2OS. The molecule has 1 N–H and O–H groups in total. The summed E-state index contributed by atoms with van der Waals surface area (Å²) in [4.78, 5) is 7.07. The van der Waals surface area contributed by atoms with E-state index in [0.29, 0.717) is 0 Å². The van der Waals surface area contributed by atoms with Crippen molar-refractivity contribution in [3.63, 3.8) is 0 Å². The molecule has 0 spiro atoms. The summed E-state index contributed by atoms with van der Waals surface area (Å²) in [6.07, 6.45) is 0. The standard InChI is InChI=1S/C9H12N2OS/c1-6-4-5-9(13-6)7(2)11-12-8(3)10/h4-5,10H,1-3H3/b10-8?,11-7+. The van der Waals surface area contributed by atoms with Crippen molar-refractivity contribution in [3.05, 3.63) is 21.9 Å². The Morgan fingerprint density at radius 2 is 2.15 bits per heavy atom. The van der Waals surface area contributed by atoms with Gasteiger partial charge < -0.3 is 4.84 Å². The van der Waals surface area contributed by atoms with Gasteiger partial charge in [-0.05, 0) is 26.0 Å². The first-order valence-electron chi connectivity index (χ1n) is 3.93. The monoisotopic (exact) mass is 196 g/mol. The van der Waals surface area contributed by atoms with Crippen molar-refractivity contribution in [2.75, 3.05) is 0 Å². The lowest BCUT2D eigenvalue weighted by molar-refractivity contribution is 0.322. The number of nitrogens with one attached hydrogen (secondary N) is 1. The predicted molar refractivity (Wildman–Crippen MR) is 55.8 cm³/mol. The fourth-order valence-electron chi connectivity index (χ4n) is 0.811. The third-order valence-electron chi connectivity index (χ3n) is 1.42. The molecule has 0 bridgehead atoms. The van der Waals surface area contributed by atoms with Gasteiger partial charge in [0.2, 0.25) is 5.90 Å². The summed E-state index contributed by atoms with van der Waals surface area (Å²) in [6, 6.07) is 4.04. The smallest absolute Gasteiger partial charge is 0.214 e. The Morgan fingerprint density at radius 1 is 1.46 bits per heavy atom. The predicted octanol–water partition coefficient (Wildman–Crippen LogP) is 2.79. The van der Waals surface area contributed by atoms with Gasteiger partial charge >= 0.3 is 0 Å². The molecule has 0 aliphatic heterocycles. The quantitative estimate of drug-likeness (QED) is 0.441. The van der Waals surface area contributed by atoms with Crippen molar-refractivity contribution in [2.45, 2.75) is 20.8 Å². The third-order valence-corrected chi connectivity index (χ3v) is 2.53. The van der Waals surface area contributed by atoms with Crippen LogP contribution in [0.1, 0.15) is 23.6 Å². The second-order valence-corrected chi connectivity index (χ2v) is 4.02. The van der Waals surface area contributed by atoms with Gasteiger partial charge in [-0.3, -0.25) is 5.41 Å². The molecule has 0 saturated carbocycles. The fourth-order valence-corrected chi connectivity index (χ4v) is 1.61. The molecule has 1 heterocycles. The van der Waals surface area contributed by atoms with E-state index in [4.69, 9.17) is 10.2 Å². The summed E-state index contributed by atoms with van der Waals surface area (Å²) in [5.41, 5.74) is 0.810. The molecule has 13 heavy (non-hydrogen) atoms. The SMILES string of the molecule is CC(=N)O/N=C(\C)c1ccc(C)s1. The number of oxime groups is 1. The zero-order valence-corrected chi connectivity index (χ0v) is 8.73. The molecule has 0 fully saturated rings. The lowest BCUT2D eigenvalue weighted by atomic mass is 10.3. The van der Waals surface area contributed by atoms with E-state index in [1.54, 1.807) is 18.3 Å². The highest BCUT2D eigenvalue weighted by molar-refractivity contribution is 7.14. The molecular weight excluding hydrogens is 184 g/mol. The van der Waals surface area contributed by atoms with Crippen LogP contribution in [-0.4, -0.2) is 11.6 Å². The Balaban J connectivity index is 2.72. The minimum atomic E-state index is 0.104. The molecule has 0 radical (unpaired) electrons. The van der Waals surface area contributed by atoms with Crippen LogP contribution in [0.2, 0.25) is 0 Å². The first kappa shape index (κ1) is 9.92. The maximum Gasteiger partial charge on any atom is 0.214 e. The van der Waals surface area contributed by atoms with Crippen LogP contribution in [0.25, 0.3) is 0 Å². The number of hydrogen-bond acceptors (Lipinski definition) is 4. The van der Waals surface area contributed by atoms with Crippen LogP contribution in [0.4, 0.5) is 0 Å². The van der Waals surface area contributed by atoms with Gasteiger partial charge in [0.05, 0.1) is 10.6 Å². The minimum absolute atomic E-state index is 0.104. The second kappa shape index (κ2) is 4.18. The van der Waals surface area contributed by atoms with E-state index < -0.39 is 0 Å². The summed E-state index contributed by atoms with van der Waals surface area (Å²) >= 11 is 1.67. The molecule has 4 heteroatoms. The Bertz CT molecular complexity index is 341. The van der Waals surface area contributed by atoms with Crippen LogP contribution < -0.4 is 0 Å². The van der Waals surface area contributed by atoms with Gasteiger partial charge in [-0.2, -0.15) is 0 Å². The van der Waals surface area contributed by atoms with E-state index in [2.05, 4.69) is 5.16 Å². The molecule has 3 nitrogen and oxygen atoms in total.